The molecular formula is C17H17N3O2. The minimum atomic E-state index is -0.394. The monoisotopic (exact) mass is 295 g/mol. The molecule has 0 aromatic heterocycles. The first-order valence-corrected chi connectivity index (χ1v) is 6.92. The Hall–Kier alpha value is -3.00. The van der Waals surface area contributed by atoms with E-state index in [0.29, 0.717) is 22.7 Å². The van der Waals surface area contributed by atoms with Crippen molar-refractivity contribution in [2.45, 2.75) is 20.0 Å². The van der Waals surface area contributed by atoms with Gasteiger partial charge in [-0.25, -0.2) is 4.79 Å². The molecule has 112 valence electrons. The van der Waals surface area contributed by atoms with Gasteiger partial charge in [-0.1, -0.05) is 18.2 Å². The Morgan fingerprint density at radius 1 is 1.14 bits per heavy atom. The lowest BCUT2D eigenvalue weighted by Crippen LogP contribution is -2.20. The van der Waals surface area contributed by atoms with Crippen LogP contribution in [0.5, 0.6) is 5.75 Å². The highest BCUT2D eigenvalue weighted by Gasteiger charge is 2.09. The third-order valence-electron chi connectivity index (χ3n) is 2.75. The van der Waals surface area contributed by atoms with Crippen molar-refractivity contribution in [2.24, 2.45) is 0 Å². The third-order valence-corrected chi connectivity index (χ3v) is 2.75. The Bertz CT molecular complexity index is 705. The number of benzene rings is 2. The lowest BCUT2D eigenvalue weighted by molar-refractivity contribution is 0.243. The molecule has 0 aliphatic carbocycles. The van der Waals surface area contributed by atoms with Crippen molar-refractivity contribution in [1.82, 2.24) is 0 Å². The first-order chi connectivity index (χ1) is 10.6. The summed E-state index contributed by atoms with van der Waals surface area (Å²) in [7, 11) is 0. The summed E-state index contributed by atoms with van der Waals surface area (Å²) in [5, 5.41) is 14.3. The number of nitriles is 1. The topological polar surface area (TPSA) is 74.2 Å². The van der Waals surface area contributed by atoms with Crippen molar-refractivity contribution in [3.05, 3.63) is 54.1 Å². The average Bonchev–Trinajstić information content (AvgIpc) is 2.49. The Balaban J connectivity index is 2.07. The number of para-hydroxylation sites is 2. The normalized spacial score (nSPS) is 9.91. The van der Waals surface area contributed by atoms with Crippen LogP contribution in [-0.4, -0.2) is 12.1 Å². The predicted molar refractivity (Wildman–Crippen MR) is 86.0 cm³/mol. The second kappa shape index (κ2) is 7.14. The minimum Gasteiger partial charge on any atom is -0.489 e. The molecule has 0 saturated carbocycles. The number of carbonyl (C=O) groups excluding carboxylic acids is 1. The predicted octanol–water partition coefficient (Wildman–Crippen LogP) is 3.99. The number of nitrogens with one attached hydrogen (secondary N) is 2. The summed E-state index contributed by atoms with van der Waals surface area (Å²) >= 11 is 0. The quantitative estimate of drug-likeness (QED) is 0.895. The van der Waals surface area contributed by atoms with Gasteiger partial charge in [-0.3, -0.25) is 0 Å². The van der Waals surface area contributed by atoms with Gasteiger partial charge in [0.2, 0.25) is 0 Å². The van der Waals surface area contributed by atoms with Gasteiger partial charge in [0.15, 0.2) is 0 Å². The Morgan fingerprint density at radius 3 is 2.64 bits per heavy atom. The summed E-state index contributed by atoms with van der Waals surface area (Å²) in [6, 6.07) is 15.6. The van der Waals surface area contributed by atoms with Crippen LogP contribution in [0, 0.1) is 11.3 Å². The maximum Gasteiger partial charge on any atom is 0.323 e. The molecule has 5 nitrogen and oxygen atoms in total. The molecule has 2 aromatic rings. The summed E-state index contributed by atoms with van der Waals surface area (Å²) in [5.74, 6) is 0.610. The molecule has 5 heteroatoms. The first-order valence-electron chi connectivity index (χ1n) is 6.92. The first kappa shape index (κ1) is 15.4. The molecule has 0 bridgehead atoms. The summed E-state index contributed by atoms with van der Waals surface area (Å²) in [6.07, 6.45) is 0.0123. The summed E-state index contributed by atoms with van der Waals surface area (Å²) in [5.41, 5.74) is 1.63. The number of urea groups is 1. The molecule has 22 heavy (non-hydrogen) atoms. The van der Waals surface area contributed by atoms with E-state index in [1.807, 2.05) is 32.0 Å². The van der Waals surface area contributed by atoms with Crippen LogP contribution in [0.2, 0.25) is 0 Å². The fourth-order valence-electron chi connectivity index (χ4n) is 1.88. The van der Waals surface area contributed by atoms with Gasteiger partial charge in [-0.05, 0) is 44.2 Å². The largest absolute Gasteiger partial charge is 0.489 e. The molecule has 0 heterocycles. The number of amides is 2. The van der Waals surface area contributed by atoms with Gasteiger partial charge < -0.3 is 15.4 Å². The molecule has 0 fully saturated rings. The Kier molecular flexibility index (Phi) is 4.99. The number of anilines is 2. The third kappa shape index (κ3) is 4.25. The number of nitrogens with zero attached hydrogens (tertiary/aromatic N) is 1. The van der Waals surface area contributed by atoms with Crippen LogP contribution in [0.15, 0.2) is 48.5 Å². The van der Waals surface area contributed by atoms with Gasteiger partial charge >= 0.3 is 6.03 Å². The van der Waals surface area contributed by atoms with Crippen LogP contribution >= 0.6 is 0 Å². The van der Waals surface area contributed by atoms with E-state index in [4.69, 9.17) is 10.00 Å². The number of hydrogen-bond acceptors (Lipinski definition) is 3. The van der Waals surface area contributed by atoms with Gasteiger partial charge in [0.1, 0.15) is 5.75 Å². The van der Waals surface area contributed by atoms with E-state index in [9.17, 15) is 4.79 Å². The zero-order valence-electron chi connectivity index (χ0n) is 12.5. The molecular weight excluding hydrogens is 278 g/mol. The van der Waals surface area contributed by atoms with E-state index in [0.717, 1.165) is 0 Å². The van der Waals surface area contributed by atoms with E-state index < -0.39 is 6.03 Å². The number of carbonyl (C=O) groups is 1. The van der Waals surface area contributed by atoms with E-state index in [2.05, 4.69) is 10.6 Å². The molecule has 2 N–H and O–H groups in total. The fraction of sp³-hybridized carbons (Fsp3) is 0.176. The molecule has 0 saturated heterocycles. The van der Waals surface area contributed by atoms with Gasteiger partial charge in [-0.15, -0.1) is 0 Å². The fourth-order valence-corrected chi connectivity index (χ4v) is 1.88. The second-order valence-electron chi connectivity index (χ2n) is 4.93. The van der Waals surface area contributed by atoms with Gasteiger partial charge in [0.05, 0.1) is 23.4 Å². The Morgan fingerprint density at radius 2 is 1.91 bits per heavy atom. The molecule has 0 aliphatic heterocycles. The van der Waals surface area contributed by atoms with Crippen molar-refractivity contribution in [3.8, 4) is 11.8 Å². The van der Waals surface area contributed by atoms with E-state index >= 15 is 0 Å². The maximum atomic E-state index is 12.1. The second-order valence-corrected chi connectivity index (χ2v) is 4.93. The van der Waals surface area contributed by atoms with Crippen molar-refractivity contribution in [1.29, 1.82) is 5.26 Å². The summed E-state index contributed by atoms with van der Waals surface area (Å²) in [4.78, 5) is 12.1. The van der Waals surface area contributed by atoms with Gasteiger partial charge in [0.25, 0.3) is 0 Å². The maximum absolute atomic E-state index is 12.1. The molecule has 0 unspecified atom stereocenters. The Labute approximate surface area is 129 Å². The molecule has 0 aliphatic rings. The smallest absolute Gasteiger partial charge is 0.323 e. The molecule has 0 atom stereocenters. The number of rotatable bonds is 4. The van der Waals surface area contributed by atoms with Crippen LogP contribution in [0.1, 0.15) is 19.4 Å². The number of ether oxygens (including phenoxy) is 1. The molecule has 0 radical (unpaired) electrons. The highest BCUT2D eigenvalue weighted by Crippen LogP contribution is 2.25. The van der Waals surface area contributed by atoms with Crippen LogP contribution < -0.4 is 15.4 Å². The van der Waals surface area contributed by atoms with E-state index in [1.165, 1.54) is 0 Å². The summed E-state index contributed by atoms with van der Waals surface area (Å²) < 4.78 is 5.65. The van der Waals surface area contributed by atoms with Crippen LogP contribution in [0.25, 0.3) is 0 Å². The zero-order chi connectivity index (χ0) is 15.9. The molecule has 0 spiro atoms. The van der Waals surface area contributed by atoms with Gasteiger partial charge in [-0.2, -0.15) is 5.26 Å². The molecule has 2 amide bonds. The molecule has 2 rings (SSSR count). The SMILES string of the molecule is CC(C)Oc1ccccc1NC(=O)Nc1cccc(C#N)c1. The average molecular weight is 295 g/mol. The molecule has 2 aromatic carbocycles. The van der Waals surface area contributed by atoms with Crippen LogP contribution in [0.4, 0.5) is 16.2 Å². The standard InChI is InChI=1S/C17H17N3O2/c1-12(2)22-16-9-4-3-8-15(16)20-17(21)19-14-7-5-6-13(10-14)11-18/h3-10,12H,1-2H3,(H2,19,20,21). The van der Waals surface area contributed by atoms with Crippen molar-refractivity contribution in [2.75, 3.05) is 10.6 Å². The van der Waals surface area contributed by atoms with E-state index in [1.54, 1.807) is 36.4 Å². The zero-order valence-corrected chi connectivity index (χ0v) is 12.5. The lowest BCUT2D eigenvalue weighted by atomic mass is 10.2. The van der Waals surface area contributed by atoms with Crippen molar-refractivity contribution in [3.63, 3.8) is 0 Å². The van der Waals surface area contributed by atoms with Gasteiger partial charge in [0, 0.05) is 5.69 Å². The van der Waals surface area contributed by atoms with Crippen molar-refractivity contribution >= 4 is 17.4 Å². The highest BCUT2D eigenvalue weighted by atomic mass is 16.5. The van der Waals surface area contributed by atoms with E-state index in [-0.39, 0.29) is 6.10 Å². The lowest BCUT2D eigenvalue weighted by Gasteiger charge is -2.15. The van der Waals surface area contributed by atoms with Crippen LogP contribution in [0.3, 0.4) is 0 Å². The van der Waals surface area contributed by atoms with Crippen molar-refractivity contribution < 1.29 is 9.53 Å². The van der Waals surface area contributed by atoms with Crippen LogP contribution in [-0.2, 0) is 0 Å². The minimum absolute atomic E-state index is 0.0123. The number of hydrogen-bond donors (Lipinski definition) is 2. The summed E-state index contributed by atoms with van der Waals surface area (Å²) in [6.45, 7) is 3.84. The highest BCUT2D eigenvalue weighted by molar-refractivity contribution is 6.00.